The van der Waals surface area contributed by atoms with Gasteiger partial charge in [-0.15, -0.1) is 0 Å². The average molecular weight is 260 g/mol. The highest BCUT2D eigenvalue weighted by atomic mass is 16.2. The summed E-state index contributed by atoms with van der Waals surface area (Å²) >= 11 is 0. The minimum Gasteiger partial charge on any atom is -0.311 e. The van der Waals surface area contributed by atoms with Gasteiger partial charge in [0.15, 0.2) is 0 Å². The van der Waals surface area contributed by atoms with E-state index < -0.39 is 0 Å². The second-order valence-electron chi connectivity index (χ2n) is 5.43. The summed E-state index contributed by atoms with van der Waals surface area (Å²) in [5, 5.41) is 3.36. The minimum absolute atomic E-state index is 0.00518. The lowest BCUT2D eigenvalue weighted by Gasteiger charge is -2.33. The predicted molar refractivity (Wildman–Crippen MR) is 79.6 cm³/mol. The third kappa shape index (κ3) is 3.16. The summed E-state index contributed by atoms with van der Waals surface area (Å²) in [4.78, 5) is 14.5. The van der Waals surface area contributed by atoms with E-state index in [0.29, 0.717) is 0 Å². The molecule has 3 nitrogen and oxygen atoms in total. The van der Waals surface area contributed by atoms with Crippen molar-refractivity contribution >= 4 is 11.6 Å². The van der Waals surface area contributed by atoms with Gasteiger partial charge in [0.1, 0.15) is 0 Å². The molecule has 1 aromatic rings. The molecule has 0 aliphatic carbocycles. The van der Waals surface area contributed by atoms with Crippen LogP contribution in [0.5, 0.6) is 0 Å². The number of amides is 1. The van der Waals surface area contributed by atoms with E-state index in [4.69, 9.17) is 0 Å². The highest BCUT2D eigenvalue weighted by Crippen LogP contribution is 2.25. The molecule has 1 aliphatic heterocycles. The first-order valence-electron chi connectivity index (χ1n) is 7.25. The van der Waals surface area contributed by atoms with Crippen molar-refractivity contribution in [3.05, 3.63) is 29.3 Å². The number of nitrogens with zero attached hydrogens (tertiary/aromatic N) is 1. The number of hydrogen-bond donors (Lipinski definition) is 1. The van der Waals surface area contributed by atoms with E-state index in [-0.39, 0.29) is 11.9 Å². The SMILES string of the molecule is CCCNC1CCCN(c2ccc(C)cc2C)C1=O. The van der Waals surface area contributed by atoms with Crippen LogP contribution >= 0.6 is 0 Å². The number of nitrogens with one attached hydrogen (secondary N) is 1. The molecule has 0 spiro atoms. The molecule has 1 fully saturated rings. The molecule has 1 saturated heterocycles. The summed E-state index contributed by atoms with van der Waals surface area (Å²) in [7, 11) is 0. The van der Waals surface area contributed by atoms with Crippen molar-refractivity contribution in [2.75, 3.05) is 18.0 Å². The van der Waals surface area contributed by atoms with Gasteiger partial charge >= 0.3 is 0 Å². The zero-order valence-electron chi connectivity index (χ0n) is 12.2. The van der Waals surface area contributed by atoms with Gasteiger partial charge in [0.05, 0.1) is 6.04 Å². The van der Waals surface area contributed by atoms with E-state index in [1.807, 2.05) is 4.90 Å². The fourth-order valence-electron chi connectivity index (χ4n) is 2.73. The van der Waals surface area contributed by atoms with Crippen LogP contribution in [0.3, 0.4) is 0 Å². The lowest BCUT2D eigenvalue weighted by molar-refractivity contribution is -0.121. The van der Waals surface area contributed by atoms with Crippen LogP contribution in [0.4, 0.5) is 5.69 Å². The molecule has 1 unspecified atom stereocenters. The van der Waals surface area contributed by atoms with Crippen molar-refractivity contribution in [3.63, 3.8) is 0 Å². The van der Waals surface area contributed by atoms with Crippen molar-refractivity contribution in [2.24, 2.45) is 0 Å². The van der Waals surface area contributed by atoms with E-state index in [2.05, 4.69) is 44.3 Å². The number of carbonyl (C=O) groups excluding carboxylic acids is 1. The quantitative estimate of drug-likeness (QED) is 0.903. The molecule has 0 radical (unpaired) electrons. The molecular weight excluding hydrogens is 236 g/mol. The maximum atomic E-state index is 12.5. The summed E-state index contributed by atoms with van der Waals surface area (Å²) < 4.78 is 0. The van der Waals surface area contributed by atoms with Gasteiger partial charge < -0.3 is 10.2 Å². The van der Waals surface area contributed by atoms with Gasteiger partial charge in [-0.1, -0.05) is 24.6 Å². The molecule has 1 atom stereocenters. The van der Waals surface area contributed by atoms with Crippen LogP contribution in [-0.4, -0.2) is 25.0 Å². The average Bonchev–Trinajstić information content (AvgIpc) is 2.38. The highest BCUT2D eigenvalue weighted by Gasteiger charge is 2.29. The van der Waals surface area contributed by atoms with Crippen LogP contribution in [0, 0.1) is 13.8 Å². The lowest BCUT2D eigenvalue weighted by atomic mass is 10.0. The van der Waals surface area contributed by atoms with Crippen LogP contribution in [0.15, 0.2) is 18.2 Å². The fourth-order valence-corrected chi connectivity index (χ4v) is 2.73. The molecule has 104 valence electrons. The monoisotopic (exact) mass is 260 g/mol. The largest absolute Gasteiger partial charge is 0.311 e. The Hall–Kier alpha value is -1.35. The number of benzene rings is 1. The second kappa shape index (κ2) is 6.20. The van der Waals surface area contributed by atoms with Gasteiger partial charge in [-0.25, -0.2) is 0 Å². The van der Waals surface area contributed by atoms with E-state index in [1.165, 1.54) is 11.1 Å². The van der Waals surface area contributed by atoms with E-state index in [9.17, 15) is 4.79 Å². The molecule has 1 aromatic carbocycles. The number of rotatable bonds is 4. The van der Waals surface area contributed by atoms with Gasteiger partial charge in [-0.2, -0.15) is 0 Å². The standard InChI is InChI=1S/C16H24N2O/c1-4-9-17-14-6-5-10-18(16(14)19)15-8-7-12(2)11-13(15)3/h7-8,11,14,17H,4-6,9-10H2,1-3H3. The number of piperidine rings is 1. The Balaban J connectivity index is 2.17. The van der Waals surface area contributed by atoms with Crippen molar-refractivity contribution < 1.29 is 4.79 Å². The van der Waals surface area contributed by atoms with Crippen molar-refractivity contribution in [1.82, 2.24) is 5.32 Å². The molecule has 2 rings (SSSR count). The molecule has 19 heavy (non-hydrogen) atoms. The van der Waals surface area contributed by atoms with Crippen molar-refractivity contribution in [1.29, 1.82) is 0 Å². The molecule has 1 aliphatic rings. The number of aryl methyl sites for hydroxylation is 2. The Kier molecular flexibility index (Phi) is 4.59. The molecule has 1 heterocycles. The Bertz CT molecular complexity index is 456. The van der Waals surface area contributed by atoms with Gasteiger partial charge in [-0.3, -0.25) is 4.79 Å². The minimum atomic E-state index is -0.00518. The van der Waals surface area contributed by atoms with Crippen LogP contribution in [0.1, 0.15) is 37.3 Å². The molecule has 3 heteroatoms. The molecule has 0 aromatic heterocycles. The third-order valence-electron chi connectivity index (χ3n) is 3.72. The first-order valence-corrected chi connectivity index (χ1v) is 7.25. The first-order chi connectivity index (χ1) is 9.13. The van der Waals surface area contributed by atoms with E-state index in [1.54, 1.807) is 0 Å². The van der Waals surface area contributed by atoms with Crippen LogP contribution < -0.4 is 10.2 Å². The summed E-state index contributed by atoms with van der Waals surface area (Å²) in [5.41, 5.74) is 3.49. The second-order valence-corrected chi connectivity index (χ2v) is 5.43. The van der Waals surface area contributed by atoms with E-state index in [0.717, 1.165) is 38.0 Å². The highest BCUT2D eigenvalue weighted by molar-refractivity contribution is 5.98. The summed E-state index contributed by atoms with van der Waals surface area (Å²) in [6.07, 6.45) is 3.09. The third-order valence-corrected chi connectivity index (χ3v) is 3.72. The maximum absolute atomic E-state index is 12.5. The molecular formula is C16H24N2O. The van der Waals surface area contributed by atoms with Gasteiger partial charge in [-0.05, 0) is 51.3 Å². The van der Waals surface area contributed by atoms with Crippen LogP contribution in [0.25, 0.3) is 0 Å². The van der Waals surface area contributed by atoms with E-state index >= 15 is 0 Å². The lowest BCUT2D eigenvalue weighted by Crippen LogP contribution is -2.51. The van der Waals surface area contributed by atoms with Gasteiger partial charge in [0, 0.05) is 12.2 Å². The van der Waals surface area contributed by atoms with Gasteiger partial charge in [0.25, 0.3) is 0 Å². The zero-order valence-corrected chi connectivity index (χ0v) is 12.2. The Labute approximate surface area is 116 Å². The number of carbonyl (C=O) groups is 1. The summed E-state index contributed by atoms with van der Waals surface area (Å²) in [5.74, 6) is 0.228. The van der Waals surface area contributed by atoms with Crippen molar-refractivity contribution in [3.8, 4) is 0 Å². The van der Waals surface area contributed by atoms with Crippen molar-refractivity contribution in [2.45, 2.75) is 46.1 Å². The first kappa shape index (κ1) is 14.1. The molecule has 1 amide bonds. The Morgan fingerprint density at radius 1 is 1.37 bits per heavy atom. The topological polar surface area (TPSA) is 32.3 Å². The molecule has 1 N–H and O–H groups in total. The summed E-state index contributed by atoms with van der Waals surface area (Å²) in [6, 6.07) is 6.30. The fraction of sp³-hybridized carbons (Fsp3) is 0.562. The van der Waals surface area contributed by atoms with Crippen LogP contribution in [0.2, 0.25) is 0 Å². The predicted octanol–water partition coefficient (Wildman–Crippen LogP) is 2.80. The number of hydrogen-bond acceptors (Lipinski definition) is 2. The Morgan fingerprint density at radius 3 is 2.84 bits per heavy atom. The summed E-state index contributed by atoms with van der Waals surface area (Å²) in [6.45, 7) is 8.05. The number of anilines is 1. The Morgan fingerprint density at radius 2 is 2.16 bits per heavy atom. The smallest absolute Gasteiger partial charge is 0.244 e. The molecule has 0 bridgehead atoms. The normalized spacial score (nSPS) is 19.8. The molecule has 0 saturated carbocycles. The van der Waals surface area contributed by atoms with Gasteiger partial charge in [0.2, 0.25) is 5.91 Å². The maximum Gasteiger partial charge on any atom is 0.244 e. The zero-order chi connectivity index (χ0) is 13.8. The van der Waals surface area contributed by atoms with Crippen LogP contribution in [-0.2, 0) is 4.79 Å².